The number of fused-ring (bicyclic) bond motifs is 3. The molecule has 5 rings (SSSR count). The predicted octanol–water partition coefficient (Wildman–Crippen LogP) is 6.64. The van der Waals surface area contributed by atoms with Crippen molar-refractivity contribution in [2.24, 2.45) is 34.0 Å². The van der Waals surface area contributed by atoms with Crippen LogP contribution in [0.3, 0.4) is 0 Å². The van der Waals surface area contributed by atoms with Gasteiger partial charge in [0.2, 0.25) is 0 Å². The highest BCUT2D eigenvalue weighted by Crippen LogP contribution is 2.66. The molecule has 1 unspecified atom stereocenters. The number of rotatable bonds is 5. The summed E-state index contributed by atoms with van der Waals surface area (Å²) in [5, 5.41) is 0. The molecule has 3 saturated carbocycles. The fraction of sp³-hybridized carbons (Fsp3) is 0.821. The molecule has 2 heterocycles. The summed E-state index contributed by atoms with van der Waals surface area (Å²) in [6.45, 7) is 11.7. The summed E-state index contributed by atoms with van der Waals surface area (Å²) in [5.41, 5.74) is 0.759. The Morgan fingerprint density at radius 3 is 2.59 bits per heavy atom. The molecule has 0 bridgehead atoms. The Balaban J connectivity index is 1.31. The molecule has 4 aliphatic rings. The van der Waals surface area contributed by atoms with E-state index in [2.05, 4.69) is 32.7 Å². The lowest BCUT2D eigenvalue weighted by molar-refractivity contribution is -0.322. The third kappa shape index (κ3) is 3.90. The predicted molar refractivity (Wildman–Crippen MR) is 126 cm³/mol. The van der Waals surface area contributed by atoms with Gasteiger partial charge < -0.3 is 14.2 Å². The van der Waals surface area contributed by atoms with E-state index in [1.165, 1.54) is 51.4 Å². The smallest absolute Gasteiger partial charge is 0.160 e. The van der Waals surface area contributed by atoms with Crippen molar-refractivity contribution in [3.63, 3.8) is 0 Å². The molecule has 1 aromatic rings. The van der Waals surface area contributed by atoms with Gasteiger partial charge in [0.25, 0.3) is 0 Å². The Kier molecular flexibility index (Phi) is 6.07. The maximum Gasteiger partial charge on any atom is 0.160 e. The quantitative estimate of drug-likeness (QED) is 0.513. The minimum atomic E-state index is 0.0450. The minimum absolute atomic E-state index is 0.0450. The largest absolute Gasteiger partial charge is 0.492 e. The third-order valence-corrected chi connectivity index (χ3v) is 10.0. The van der Waals surface area contributed by atoms with Crippen LogP contribution in [0.4, 0.5) is 0 Å². The number of nitrogens with zero attached hydrogens (tertiary/aromatic N) is 1. The molecule has 4 nitrogen and oxygen atoms in total. The molecule has 32 heavy (non-hydrogen) atoms. The van der Waals surface area contributed by atoms with E-state index >= 15 is 0 Å². The monoisotopic (exact) mass is 441 g/mol. The number of pyridine rings is 1. The van der Waals surface area contributed by atoms with Crippen LogP contribution < -0.4 is 4.74 Å². The molecular formula is C28H43NO3. The van der Waals surface area contributed by atoms with E-state index in [1.807, 2.05) is 18.3 Å². The highest BCUT2D eigenvalue weighted by molar-refractivity contribution is 5.15. The zero-order chi connectivity index (χ0) is 22.4. The van der Waals surface area contributed by atoms with Gasteiger partial charge in [-0.2, -0.15) is 0 Å². The first-order valence-electron chi connectivity index (χ1n) is 13.1. The molecule has 6 atom stereocenters. The zero-order valence-corrected chi connectivity index (χ0v) is 20.6. The first-order valence-corrected chi connectivity index (χ1v) is 13.1. The van der Waals surface area contributed by atoms with Gasteiger partial charge in [0.15, 0.2) is 6.29 Å². The van der Waals surface area contributed by atoms with Crippen molar-refractivity contribution in [1.29, 1.82) is 0 Å². The van der Waals surface area contributed by atoms with E-state index in [0.29, 0.717) is 34.7 Å². The number of aromatic nitrogens is 1. The van der Waals surface area contributed by atoms with Crippen LogP contribution in [0.1, 0.15) is 85.5 Å². The topological polar surface area (TPSA) is 40.6 Å². The Bertz CT molecular complexity index is 776. The van der Waals surface area contributed by atoms with Gasteiger partial charge in [0.1, 0.15) is 5.75 Å². The van der Waals surface area contributed by atoms with Crippen LogP contribution in [-0.4, -0.2) is 30.6 Å². The van der Waals surface area contributed by atoms with Gasteiger partial charge in [-0.15, -0.1) is 0 Å². The van der Waals surface area contributed by atoms with E-state index in [1.54, 1.807) is 6.20 Å². The normalized spacial score (nSPS) is 41.6. The van der Waals surface area contributed by atoms with E-state index in [-0.39, 0.29) is 11.7 Å². The summed E-state index contributed by atoms with van der Waals surface area (Å²) in [7, 11) is 0. The molecule has 1 saturated heterocycles. The summed E-state index contributed by atoms with van der Waals surface area (Å²) in [4.78, 5) is 4.19. The van der Waals surface area contributed by atoms with E-state index < -0.39 is 0 Å². The fourth-order valence-corrected chi connectivity index (χ4v) is 8.39. The molecule has 3 aliphatic carbocycles. The average molecular weight is 442 g/mol. The summed E-state index contributed by atoms with van der Waals surface area (Å²) in [6, 6.07) is 3.95. The van der Waals surface area contributed by atoms with Crippen molar-refractivity contribution in [3.8, 4) is 5.75 Å². The van der Waals surface area contributed by atoms with Crippen molar-refractivity contribution in [1.82, 2.24) is 4.98 Å². The summed E-state index contributed by atoms with van der Waals surface area (Å²) < 4.78 is 19.4. The van der Waals surface area contributed by atoms with Crippen LogP contribution in [0, 0.1) is 34.0 Å². The second-order valence-corrected chi connectivity index (χ2v) is 12.4. The number of hydrogen-bond donors (Lipinski definition) is 0. The number of hydrogen-bond acceptors (Lipinski definition) is 4. The minimum Gasteiger partial charge on any atom is -0.492 e. The van der Waals surface area contributed by atoms with Crippen molar-refractivity contribution in [2.45, 2.75) is 97.9 Å². The molecular weight excluding hydrogens is 398 g/mol. The van der Waals surface area contributed by atoms with Crippen LogP contribution in [-0.2, 0) is 9.47 Å². The SMILES string of the molecule is CC1(C)CCC2[C@]3(C)CO[C@@H](C4CCCC4)O[C@@H]3CC[C@@]2(C)[C@@H]1CCOc1cccnc1. The van der Waals surface area contributed by atoms with Gasteiger partial charge in [-0.25, -0.2) is 0 Å². The molecule has 4 heteroatoms. The van der Waals surface area contributed by atoms with Gasteiger partial charge in [-0.3, -0.25) is 4.98 Å². The molecule has 0 spiro atoms. The van der Waals surface area contributed by atoms with E-state index in [4.69, 9.17) is 14.2 Å². The Morgan fingerprint density at radius 2 is 1.84 bits per heavy atom. The van der Waals surface area contributed by atoms with E-state index in [0.717, 1.165) is 25.4 Å². The van der Waals surface area contributed by atoms with Crippen LogP contribution in [0.15, 0.2) is 24.5 Å². The second-order valence-electron chi connectivity index (χ2n) is 12.4. The molecule has 0 amide bonds. The lowest BCUT2D eigenvalue weighted by Crippen LogP contribution is -2.63. The summed E-state index contributed by atoms with van der Waals surface area (Å²) in [5.74, 6) is 2.78. The molecule has 4 fully saturated rings. The van der Waals surface area contributed by atoms with Crippen LogP contribution >= 0.6 is 0 Å². The molecule has 1 aliphatic heterocycles. The van der Waals surface area contributed by atoms with E-state index in [9.17, 15) is 0 Å². The number of ether oxygens (including phenoxy) is 3. The van der Waals surface area contributed by atoms with Crippen molar-refractivity contribution >= 4 is 0 Å². The summed E-state index contributed by atoms with van der Waals surface area (Å²) >= 11 is 0. The summed E-state index contributed by atoms with van der Waals surface area (Å²) in [6.07, 6.45) is 15.4. The average Bonchev–Trinajstić information content (AvgIpc) is 3.30. The fourth-order valence-electron chi connectivity index (χ4n) is 8.39. The Morgan fingerprint density at radius 1 is 1.03 bits per heavy atom. The molecule has 1 aromatic heterocycles. The van der Waals surface area contributed by atoms with Gasteiger partial charge >= 0.3 is 0 Å². The Hall–Kier alpha value is -1.13. The Labute approximate surface area is 194 Å². The standard InChI is InChI=1S/C28H43NO3/c1-26(2)14-11-23-27(3,22(26)13-17-30-21-10-7-16-29-18-21)15-12-24-28(23,4)19-31-25(32-24)20-8-5-6-9-20/h7,10,16,18,20,22-25H,5-6,8-9,11-15,17,19H2,1-4H3/t22-,23?,24-,25-,27+,28+/m1/s1. The first-order chi connectivity index (χ1) is 15.3. The van der Waals surface area contributed by atoms with Crippen molar-refractivity contribution in [3.05, 3.63) is 24.5 Å². The van der Waals surface area contributed by atoms with Crippen LogP contribution in [0.25, 0.3) is 0 Å². The molecule has 178 valence electrons. The lowest BCUT2D eigenvalue weighted by Gasteiger charge is -2.65. The van der Waals surface area contributed by atoms with Crippen LogP contribution in [0.2, 0.25) is 0 Å². The third-order valence-electron chi connectivity index (χ3n) is 10.0. The zero-order valence-electron chi connectivity index (χ0n) is 20.6. The highest BCUT2D eigenvalue weighted by atomic mass is 16.7. The van der Waals surface area contributed by atoms with Gasteiger partial charge in [0, 0.05) is 17.5 Å². The maximum absolute atomic E-state index is 6.74. The van der Waals surface area contributed by atoms with Crippen molar-refractivity contribution < 1.29 is 14.2 Å². The molecule has 0 N–H and O–H groups in total. The second kappa shape index (κ2) is 8.58. The van der Waals surface area contributed by atoms with Gasteiger partial charge in [-0.1, -0.05) is 40.5 Å². The molecule has 0 aromatic carbocycles. The van der Waals surface area contributed by atoms with Gasteiger partial charge in [-0.05, 0) is 79.7 Å². The maximum atomic E-state index is 6.74. The highest BCUT2D eigenvalue weighted by Gasteiger charge is 2.62. The van der Waals surface area contributed by atoms with Crippen molar-refractivity contribution in [2.75, 3.05) is 13.2 Å². The molecule has 0 radical (unpaired) electrons. The lowest BCUT2D eigenvalue weighted by atomic mass is 9.42. The van der Waals surface area contributed by atoms with Gasteiger partial charge in [0.05, 0.1) is 25.5 Å². The van der Waals surface area contributed by atoms with Crippen LogP contribution in [0.5, 0.6) is 5.75 Å². The first kappa shape index (κ1) is 22.7.